The van der Waals surface area contributed by atoms with Crippen molar-refractivity contribution < 1.29 is 14.3 Å². The average Bonchev–Trinajstić information content (AvgIpc) is 2.62. The minimum atomic E-state index is -0.162. The van der Waals surface area contributed by atoms with Gasteiger partial charge >= 0.3 is 0 Å². The van der Waals surface area contributed by atoms with Crippen molar-refractivity contribution in [3.05, 3.63) is 53.3 Å². The first kappa shape index (κ1) is 19.8. The molecule has 0 atom stereocenters. The Bertz CT molecular complexity index is 729. The number of hydrogen-bond donors (Lipinski definition) is 1. The first-order chi connectivity index (χ1) is 12.5. The lowest BCUT2D eigenvalue weighted by Crippen LogP contribution is -2.26. The second-order valence-electron chi connectivity index (χ2n) is 6.67. The molecule has 26 heavy (non-hydrogen) atoms. The van der Waals surface area contributed by atoms with Crippen LogP contribution in [0.1, 0.15) is 41.9 Å². The van der Waals surface area contributed by atoms with Crippen LogP contribution in [0.4, 0.5) is 0 Å². The second kappa shape index (κ2) is 9.80. The molecular formula is C21H28N2O3. The molecule has 0 aliphatic carbocycles. The molecule has 5 nitrogen and oxygen atoms in total. The van der Waals surface area contributed by atoms with Gasteiger partial charge < -0.3 is 14.8 Å². The molecule has 1 N–H and O–H groups in total. The van der Waals surface area contributed by atoms with E-state index in [-0.39, 0.29) is 5.91 Å². The Labute approximate surface area is 155 Å². The van der Waals surface area contributed by atoms with E-state index in [2.05, 4.69) is 24.1 Å². The number of aryl methyl sites for hydroxylation is 1. The lowest BCUT2D eigenvalue weighted by atomic mass is 10.1. The quantitative estimate of drug-likeness (QED) is 0.742. The smallest absolute Gasteiger partial charge is 0.255 e. The van der Waals surface area contributed by atoms with Gasteiger partial charge in [-0.25, -0.2) is 0 Å². The number of methoxy groups -OCH3 is 1. The maximum Gasteiger partial charge on any atom is 0.255 e. The first-order valence-corrected chi connectivity index (χ1v) is 9.00. The molecular weight excluding hydrogens is 328 g/mol. The predicted molar refractivity (Wildman–Crippen MR) is 103 cm³/mol. The van der Waals surface area contributed by atoms with Crippen molar-refractivity contribution in [1.82, 2.24) is 10.3 Å². The molecule has 0 spiro atoms. The molecule has 2 aromatic rings. The number of rotatable bonds is 9. The van der Waals surface area contributed by atoms with Gasteiger partial charge in [-0.2, -0.15) is 0 Å². The Morgan fingerprint density at radius 1 is 1.23 bits per heavy atom. The Balaban J connectivity index is 1.93. The Morgan fingerprint density at radius 3 is 2.73 bits per heavy atom. The number of benzene rings is 1. The summed E-state index contributed by atoms with van der Waals surface area (Å²) in [4.78, 5) is 16.6. The largest absolute Gasteiger partial charge is 0.494 e. The zero-order valence-corrected chi connectivity index (χ0v) is 16.0. The van der Waals surface area contributed by atoms with Crippen molar-refractivity contribution in [2.45, 2.75) is 33.6 Å². The van der Waals surface area contributed by atoms with Crippen LogP contribution in [0.25, 0.3) is 0 Å². The molecule has 0 saturated carbocycles. The van der Waals surface area contributed by atoms with Crippen molar-refractivity contribution in [2.24, 2.45) is 5.92 Å². The molecule has 1 aromatic carbocycles. The fourth-order valence-corrected chi connectivity index (χ4v) is 2.55. The van der Waals surface area contributed by atoms with Crippen LogP contribution in [0.3, 0.4) is 0 Å². The van der Waals surface area contributed by atoms with Gasteiger partial charge in [-0.05, 0) is 43.4 Å². The number of hydrogen-bond acceptors (Lipinski definition) is 4. The lowest BCUT2D eigenvalue weighted by molar-refractivity contribution is 0.0950. The summed E-state index contributed by atoms with van der Waals surface area (Å²) in [5.41, 5.74) is 2.37. The fourth-order valence-electron chi connectivity index (χ4n) is 2.55. The summed E-state index contributed by atoms with van der Waals surface area (Å²) in [7, 11) is 1.54. The van der Waals surface area contributed by atoms with Crippen LogP contribution in [0, 0.1) is 12.8 Å². The van der Waals surface area contributed by atoms with Crippen LogP contribution in [0.5, 0.6) is 11.5 Å². The van der Waals surface area contributed by atoms with Crippen LogP contribution in [0.15, 0.2) is 36.5 Å². The first-order valence-electron chi connectivity index (χ1n) is 9.00. The Hall–Kier alpha value is -2.56. The van der Waals surface area contributed by atoms with E-state index in [1.807, 2.05) is 31.2 Å². The third-order valence-corrected chi connectivity index (χ3v) is 4.07. The van der Waals surface area contributed by atoms with Gasteiger partial charge in [0.15, 0.2) is 0 Å². The Kier molecular flexibility index (Phi) is 7.45. The predicted octanol–water partition coefficient (Wildman–Crippen LogP) is 3.80. The highest BCUT2D eigenvalue weighted by Gasteiger charge is 2.13. The topological polar surface area (TPSA) is 60.5 Å². The monoisotopic (exact) mass is 356 g/mol. The van der Waals surface area contributed by atoms with Gasteiger partial charge in [-0.1, -0.05) is 32.0 Å². The van der Waals surface area contributed by atoms with E-state index in [1.165, 1.54) is 7.11 Å². The normalized spacial score (nSPS) is 10.7. The minimum absolute atomic E-state index is 0.162. The van der Waals surface area contributed by atoms with E-state index >= 15 is 0 Å². The van der Waals surface area contributed by atoms with E-state index in [0.29, 0.717) is 36.8 Å². The number of para-hydroxylation sites is 1. The summed E-state index contributed by atoms with van der Waals surface area (Å²) >= 11 is 0. The van der Waals surface area contributed by atoms with Gasteiger partial charge in [0, 0.05) is 12.2 Å². The van der Waals surface area contributed by atoms with Crippen LogP contribution < -0.4 is 14.8 Å². The van der Waals surface area contributed by atoms with Gasteiger partial charge in [-0.15, -0.1) is 0 Å². The summed E-state index contributed by atoms with van der Waals surface area (Å²) in [6.45, 7) is 7.43. The molecule has 0 aliphatic heterocycles. The number of amides is 1. The third-order valence-electron chi connectivity index (χ3n) is 4.07. The second-order valence-corrected chi connectivity index (χ2v) is 6.67. The highest BCUT2D eigenvalue weighted by Crippen LogP contribution is 2.20. The maximum absolute atomic E-state index is 12.4. The van der Waals surface area contributed by atoms with Crippen LogP contribution >= 0.6 is 0 Å². The summed E-state index contributed by atoms with van der Waals surface area (Å²) in [5.74, 6) is 1.82. The molecule has 1 aromatic heterocycles. The molecule has 0 aliphatic rings. The molecule has 2 rings (SSSR count). The van der Waals surface area contributed by atoms with Gasteiger partial charge in [0.05, 0.1) is 25.5 Å². The number of carbonyl (C=O) groups excluding carboxylic acids is 1. The SMILES string of the molecule is COc1cnc(C)cc1C(=O)NCCc1ccccc1OCCC(C)C. The van der Waals surface area contributed by atoms with Gasteiger partial charge in [-0.3, -0.25) is 9.78 Å². The molecule has 0 bridgehead atoms. The zero-order valence-electron chi connectivity index (χ0n) is 16.0. The minimum Gasteiger partial charge on any atom is -0.494 e. The molecule has 0 radical (unpaired) electrons. The van der Waals surface area contributed by atoms with E-state index in [1.54, 1.807) is 12.3 Å². The molecule has 0 unspecified atom stereocenters. The highest BCUT2D eigenvalue weighted by molar-refractivity contribution is 5.96. The summed E-state index contributed by atoms with van der Waals surface area (Å²) in [6.07, 6.45) is 3.30. The summed E-state index contributed by atoms with van der Waals surface area (Å²) in [5, 5.41) is 2.95. The number of nitrogens with zero attached hydrogens (tertiary/aromatic N) is 1. The molecule has 1 heterocycles. The van der Waals surface area contributed by atoms with E-state index in [9.17, 15) is 4.79 Å². The van der Waals surface area contributed by atoms with Crippen LogP contribution in [-0.4, -0.2) is 31.2 Å². The number of pyridine rings is 1. The van der Waals surface area contributed by atoms with Crippen molar-refractivity contribution in [3.8, 4) is 11.5 Å². The van der Waals surface area contributed by atoms with Crippen molar-refractivity contribution in [3.63, 3.8) is 0 Å². The van der Waals surface area contributed by atoms with Gasteiger partial charge in [0.1, 0.15) is 11.5 Å². The molecule has 0 fully saturated rings. The Morgan fingerprint density at radius 2 is 2.00 bits per heavy atom. The lowest BCUT2D eigenvalue weighted by Gasteiger charge is -2.13. The third kappa shape index (κ3) is 5.76. The fraction of sp³-hybridized carbons (Fsp3) is 0.429. The maximum atomic E-state index is 12.4. The van der Waals surface area contributed by atoms with Crippen molar-refractivity contribution in [2.75, 3.05) is 20.3 Å². The van der Waals surface area contributed by atoms with Crippen molar-refractivity contribution >= 4 is 5.91 Å². The number of aromatic nitrogens is 1. The molecule has 1 amide bonds. The van der Waals surface area contributed by atoms with E-state index in [0.717, 1.165) is 23.4 Å². The van der Waals surface area contributed by atoms with Crippen LogP contribution in [0.2, 0.25) is 0 Å². The summed E-state index contributed by atoms with van der Waals surface area (Å²) in [6, 6.07) is 9.71. The number of carbonyl (C=O) groups is 1. The summed E-state index contributed by atoms with van der Waals surface area (Å²) < 4.78 is 11.1. The van der Waals surface area contributed by atoms with Crippen LogP contribution in [-0.2, 0) is 6.42 Å². The van der Waals surface area contributed by atoms with E-state index < -0.39 is 0 Å². The molecule has 5 heteroatoms. The zero-order chi connectivity index (χ0) is 18.9. The standard InChI is InChI=1S/C21H28N2O3/c1-15(2)10-12-26-19-8-6-5-7-17(19)9-11-22-21(24)18-13-16(3)23-14-20(18)25-4/h5-8,13-15H,9-12H2,1-4H3,(H,22,24). The average molecular weight is 356 g/mol. The molecule has 0 saturated heterocycles. The van der Waals surface area contributed by atoms with E-state index in [4.69, 9.17) is 9.47 Å². The van der Waals surface area contributed by atoms with Crippen molar-refractivity contribution in [1.29, 1.82) is 0 Å². The number of nitrogens with one attached hydrogen (secondary N) is 1. The van der Waals surface area contributed by atoms with Gasteiger partial charge in [0.25, 0.3) is 5.91 Å². The van der Waals surface area contributed by atoms with Gasteiger partial charge in [0.2, 0.25) is 0 Å². The number of ether oxygens (including phenoxy) is 2. The molecule has 140 valence electrons. The highest BCUT2D eigenvalue weighted by atomic mass is 16.5.